The van der Waals surface area contributed by atoms with Gasteiger partial charge in [0.25, 0.3) is 0 Å². The fourth-order valence-electron chi connectivity index (χ4n) is 1.37. The third-order valence-corrected chi connectivity index (χ3v) is 2.37. The molecule has 4 heteroatoms. The number of halogens is 1. The van der Waals surface area contributed by atoms with Crippen LogP contribution in [0.15, 0.2) is 24.3 Å². The van der Waals surface area contributed by atoms with Gasteiger partial charge in [0.15, 0.2) is 0 Å². The first-order chi connectivity index (χ1) is 8.26. The first-order valence-electron chi connectivity index (χ1n) is 5.69. The van der Waals surface area contributed by atoms with Crippen LogP contribution in [0.5, 0.6) is 5.75 Å². The Bertz CT molecular complexity index is 352. The largest absolute Gasteiger partial charge is 0.494 e. The second-order valence-corrected chi connectivity index (χ2v) is 3.90. The second kappa shape index (κ2) is 7.96. The van der Waals surface area contributed by atoms with Gasteiger partial charge >= 0.3 is 5.97 Å². The molecule has 0 aliphatic carbocycles. The van der Waals surface area contributed by atoms with E-state index >= 15 is 0 Å². The third-order valence-electron chi connectivity index (χ3n) is 2.10. The van der Waals surface area contributed by atoms with Gasteiger partial charge in [-0.3, -0.25) is 4.79 Å². The van der Waals surface area contributed by atoms with Crippen LogP contribution >= 0.6 is 11.6 Å². The fraction of sp³-hybridized carbons (Fsp3) is 0.462. The minimum Gasteiger partial charge on any atom is -0.494 e. The molecule has 0 N–H and O–H groups in total. The highest BCUT2D eigenvalue weighted by atomic mass is 35.5. The summed E-state index contributed by atoms with van der Waals surface area (Å²) in [5, 5.41) is 0. The van der Waals surface area contributed by atoms with Crippen LogP contribution in [0.1, 0.15) is 18.9 Å². The number of esters is 1. The number of rotatable bonds is 7. The van der Waals surface area contributed by atoms with Crippen LogP contribution < -0.4 is 4.74 Å². The highest BCUT2D eigenvalue weighted by molar-refractivity contribution is 6.17. The summed E-state index contributed by atoms with van der Waals surface area (Å²) >= 11 is 5.56. The number of hydrogen-bond acceptors (Lipinski definition) is 3. The lowest BCUT2D eigenvalue weighted by Gasteiger charge is -2.07. The zero-order valence-electron chi connectivity index (χ0n) is 9.95. The minimum absolute atomic E-state index is 0.217. The predicted molar refractivity (Wildman–Crippen MR) is 67.6 cm³/mol. The molecule has 0 saturated heterocycles. The molecule has 0 aliphatic rings. The van der Waals surface area contributed by atoms with Crippen LogP contribution in [0.4, 0.5) is 0 Å². The topological polar surface area (TPSA) is 35.5 Å². The van der Waals surface area contributed by atoms with E-state index < -0.39 is 0 Å². The van der Waals surface area contributed by atoms with Gasteiger partial charge in [0, 0.05) is 5.88 Å². The Hall–Kier alpha value is -1.22. The second-order valence-electron chi connectivity index (χ2n) is 3.52. The number of carbonyl (C=O) groups is 1. The van der Waals surface area contributed by atoms with E-state index in [1.807, 2.05) is 24.3 Å². The molecule has 17 heavy (non-hydrogen) atoms. The molecule has 0 unspecified atom stereocenters. The zero-order chi connectivity index (χ0) is 12.5. The van der Waals surface area contributed by atoms with Crippen molar-refractivity contribution in [1.82, 2.24) is 0 Å². The molecular weight excluding hydrogens is 240 g/mol. The summed E-state index contributed by atoms with van der Waals surface area (Å²) in [7, 11) is 0. The Balaban J connectivity index is 2.50. The minimum atomic E-state index is -0.217. The predicted octanol–water partition coefficient (Wildman–Crippen LogP) is 2.80. The standard InChI is InChI=1S/C13H17ClO3/c1-2-16-13(15)10-11-5-3-6-12(9-11)17-8-4-7-14/h3,5-6,9H,2,4,7-8,10H2,1H3. The lowest BCUT2D eigenvalue weighted by Crippen LogP contribution is -2.07. The van der Waals surface area contributed by atoms with Crippen LogP contribution in [-0.4, -0.2) is 25.1 Å². The highest BCUT2D eigenvalue weighted by Gasteiger charge is 2.04. The van der Waals surface area contributed by atoms with E-state index in [0.717, 1.165) is 17.7 Å². The molecule has 0 fully saturated rings. The highest BCUT2D eigenvalue weighted by Crippen LogP contribution is 2.14. The van der Waals surface area contributed by atoms with Crippen molar-refractivity contribution in [2.45, 2.75) is 19.8 Å². The van der Waals surface area contributed by atoms with Crippen LogP contribution in [0, 0.1) is 0 Å². The van der Waals surface area contributed by atoms with Crippen molar-refractivity contribution < 1.29 is 14.3 Å². The summed E-state index contributed by atoms with van der Waals surface area (Å²) < 4.78 is 10.4. The number of benzene rings is 1. The van der Waals surface area contributed by atoms with Gasteiger partial charge < -0.3 is 9.47 Å². The summed E-state index contributed by atoms with van der Waals surface area (Å²) in [4.78, 5) is 11.3. The summed E-state index contributed by atoms with van der Waals surface area (Å²) in [6.45, 7) is 2.79. The van der Waals surface area contributed by atoms with Crippen molar-refractivity contribution in [3.63, 3.8) is 0 Å². The molecule has 0 aliphatic heterocycles. The molecule has 0 atom stereocenters. The smallest absolute Gasteiger partial charge is 0.310 e. The van der Waals surface area contributed by atoms with Gasteiger partial charge in [-0.25, -0.2) is 0 Å². The summed E-state index contributed by atoms with van der Waals surface area (Å²) in [5.74, 6) is 1.13. The van der Waals surface area contributed by atoms with Gasteiger partial charge in [-0.15, -0.1) is 11.6 Å². The number of ether oxygens (including phenoxy) is 2. The van der Waals surface area contributed by atoms with E-state index in [1.54, 1.807) is 6.92 Å². The lowest BCUT2D eigenvalue weighted by molar-refractivity contribution is -0.142. The van der Waals surface area contributed by atoms with Crippen molar-refractivity contribution in [3.05, 3.63) is 29.8 Å². The quantitative estimate of drug-likeness (QED) is 0.428. The Morgan fingerprint density at radius 3 is 2.94 bits per heavy atom. The number of carbonyl (C=O) groups excluding carboxylic acids is 1. The Kier molecular flexibility index (Phi) is 6.48. The Labute approximate surface area is 107 Å². The van der Waals surface area contributed by atoms with E-state index in [0.29, 0.717) is 19.1 Å². The van der Waals surface area contributed by atoms with Gasteiger partial charge in [0.05, 0.1) is 19.6 Å². The van der Waals surface area contributed by atoms with Crippen molar-refractivity contribution in [3.8, 4) is 5.75 Å². The molecule has 0 saturated carbocycles. The van der Waals surface area contributed by atoms with Crippen molar-refractivity contribution in [2.75, 3.05) is 19.1 Å². The Morgan fingerprint density at radius 2 is 2.24 bits per heavy atom. The van der Waals surface area contributed by atoms with Crippen molar-refractivity contribution in [1.29, 1.82) is 0 Å². The van der Waals surface area contributed by atoms with Crippen LogP contribution in [-0.2, 0) is 16.0 Å². The van der Waals surface area contributed by atoms with Gasteiger partial charge in [0.2, 0.25) is 0 Å². The lowest BCUT2D eigenvalue weighted by atomic mass is 10.1. The maximum atomic E-state index is 11.3. The normalized spacial score (nSPS) is 10.0. The molecule has 0 spiro atoms. The van der Waals surface area contributed by atoms with Crippen molar-refractivity contribution in [2.24, 2.45) is 0 Å². The van der Waals surface area contributed by atoms with Crippen molar-refractivity contribution >= 4 is 17.6 Å². The van der Waals surface area contributed by atoms with E-state index in [2.05, 4.69) is 0 Å². The molecule has 3 nitrogen and oxygen atoms in total. The Morgan fingerprint density at radius 1 is 1.41 bits per heavy atom. The number of alkyl halides is 1. The van der Waals surface area contributed by atoms with Gasteiger partial charge in [0.1, 0.15) is 5.75 Å². The maximum absolute atomic E-state index is 11.3. The average Bonchev–Trinajstić information content (AvgIpc) is 2.30. The average molecular weight is 257 g/mol. The molecular formula is C13H17ClO3. The van der Waals surface area contributed by atoms with Gasteiger partial charge in [-0.1, -0.05) is 12.1 Å². The fourth-order valence-corrected chi connectivity index (χ4v) is 1.48. The molecule has 1 aromatic carbocycles. The molecule has 0 heterocycles. The SMILES string of the molecule is CCOC(=O)Cc1cccc(OCCCCl)c1. The van der Waals surface area contributed by atoms with Crippen LogP contribution in [0.25, 0.3) is 0 Å². The zero-order valence-corrected chi connectivity index (χ0v) is 10.7. The van der Waals surface area contributed by atoms with Crippen LogP contribution in [0.2, 0.25) is 0 Å². The van der Waals surface area contributed by atoms with E-state index in [4.69, 9.17) is 21.1 Å². The summed E-state index contributed by atoms with van der Waals surface area (Å²) in [6, 6.07) is 7.46. The molecule has 0 bridgehead atoms. The molecule has 0 aromatic heterocycles. The summed E-state index contributed by atoms with van der Waals surface area (Å²) in [5.41, 5.74) is 0.895. The summed E-state index contributed by atoms with van der Waals surface area (Å²) in [6.07, 6.45) is 1.09. The molecule has 1 rings (SSSR count). The molecule has 0 amide bonds. The molecule has 0 radical (unpaired) electrons. The van der Waals surface area contributed by atoms with Gasteiger partial charge in [-0.05, 0) is 31.0 Å². The van der Waals surface area contributed by atoms with E-state index in [9.17, 15) is 4.79 Å². The van der Waals surface area contributed by atoms with E-state index in [-0.39, 0.29) is 12.4 Å². The molecule has 94 valence electrons. The first kappa shape index (κ1) is 13.8. The number of hydrogen-bond donors (Lipinski definition) is 0. The van der Waals surface area contributed by atoms with E-state index in [1.165, 1.54) is 0 Å². The monoisotopic (exact) mass is 256 g/mol. The maximum Gasteiger partial charge on any atom is 0.310 e. The third kappa shape index (κ3) is 5.59. The molecule has 1 aromatic rings. The van der Waals surface area contributed by atoms with Gasteiger partial charge in [-0.2, -0.15) is 0 Å². The first-order valence-corrected chi connectivity index (χ1v) is 6.23. The van der Waals surface area contributed by atoms with Crippen LogP contribution in [0.3, 0.4) is 0 Å².